The standard InChI is InChI=1S/C17H18N4O5/c1-11-4-5-13(15(7-11)21(25)26)20-16(22)8-14(17(23)24)19-10-12-3-2-6-18-9-12/h2-7,9,14,19H,8,10H2,1H3,(H,20,22)(H,23,24)/t14-/m0/s1. The molecular formula is C17H18N4O5. The fourth-order valence-corrected chi connectivity index (χ4v) is 2.28. The Balaban J connectivity index is 2.02. The summed E-state index contributed by atoms with van der Waals surface area (Å²) in [7, 11) is 0. The average Bonchev–Trinajstić information content (AvgIpc) is 2.60. The SMILES string of the molecule is Cc1ccc(NC(=O)C[C@H](NCc2cccnc2)C(=O)O)c([N+](=O)[O-])c1. The maximum absolute atomic E-state index is 12.1. The first kappa shape index (κ1) is 19.0. The van der Waals surface area contributed by atoms with Crippen LogP contribution in [0.1, 0.15) is 17.5 Å². The van der Waals surface area contributed by atoms with Crippen LogP contribution in [0.2, 0.25) is 0 Å². The van der Waals surface area contributed by atoms with E-state index >= 15 is 0 Å². The van der Waals surface area contributed by atoms with Gasteiger partial charge in [0.25, 0.3) is 5.69 Å². The first-order chi connectivity index (χ1) is 12.4. The van der Waals surface area contributed by atoms with Crippen LogP contribution in [-0.2, 0) is 16.1 Å². The number of carboxylic acid groups (broad SMARTS) is 1. The molecule has 2 aromatic rings. The summed E-state index contributed by atoms with van der Waals surface area (Å²) in [6, 6.07) is 6.73. The van der Waals surface area contributed by atoms with Gasteiger partial charge in [-0.15, -0.1) is 0 Å². The van der Waals surface area contributed by atoms with E-state index in [1.807, 2.05) is 0 Å². The summed E-state index contributed by atoms with van der Waals surface area (Å²) < 4.78 is 0. The van der Waals surface area contributed by atoms with E-state index in [4.69, 9.17) is 0 Å². The third-order valence-corrected chi connectivity index (χ3v) is 3.59. The highest BCUT2D eigenvalue weighted by atomic mass is 16.6. The van der Waals surface area contributed by atoms with Gasteiger partial charge in [-0.25, -0.2) is 0 Å². The van der Waals surface area contributed by atoms with Crippen molar-refractivity contribution in [1.82, 2.24) is 10.3 Å². The molecule has 26 heavy (non-hydrogen) atoms. The number of aromatic nitrogens is 1. The van der Waals surface area contributed by atoms with Crippen LogP contribution in [0.15, 0.2) is 42.7 Å². The number of carbonyl (C=O) groups excluding carboxylic acids is 1. The molecule has 1 atom stereocenters. The Hall–Kier alpha value is -3.33. The van der Waals surface area contributed by atoms with Gasteiger partial charge >= 0.3 is 5.97 Å². The summed E-state index contributed by atoms with van der Waals surface area (Å²) >= 11 is 0. The van der Waals surface area contributed by atoms with Gasteiger partial charge in [-0.1, -0.05) is 12.1 Å². The van der Waals surface area contributed by atoms with Crippen molar-refractivity contribution < 1.29 is 19.6 Å². The first-order valence-electron chi connectivity index (χ1n) is 7.77. The van der Waals surface area contributed by atoms with Gasteiger partial charge < -0.3 is 10.4 Å². The van der Waals surface area contributed by atoms with Crippen molar-refractivity contribution in [2.75, 3.05) is 5.32 Å². The van der Waals surface area contributed by atoms with E-state index < -0.39 is 22.8 Å². The van der Waals surface area contributed by atoms with Crippen molar-refractivity contribution in [1.29, 1.82) is 0 Å². The van der Waals surface area contributed by atoms with Gasteiger partial charge in [0, 0.05) is 25.0 Å². The Kier molecular flexibility index (Phi) is 6.34. The van der Waals surface area contributed by atoms with Crippen LogP contribution in [-0.4, -0.2) is 32.9 Å². The van der Waals surface area contributed by atoms with Crippen LogP contribution in [0.5, 0.6) is 0 Å². The molecule has 0 fully saturated rings. The fraction of sp³-hybridized carbons (Fsp3) is 0.235. The predicted octanol–water partition coefficient (Wildman–Crippen LogP) is 1.87. The molecule has 0 saturated heterocycles. The summed E-state index contributed by atoms with van der Waals surface area (Å²) in [5, 5.41) is 25.5. The van der Waals surface area contributed by atoms with Gasteiger partial charge in [-0.3, -0.25) is 30.0 Å². The van der Waals surface area contributed by atoms with Gasteiger partial charge in [0.2, 0.25) is 5.91 Å². The number of carboxylic acids is 1. The largest absolute Gasteiger partial charge is 0.480 e. The maximum atomic E-state index is 12.1. The minimum atomic E-state index is -1.19. The summed E-state index contributed by atoms with van der Waals surface area (Å²) in [6.45, 7) is 1.92. The molecule has 0 unspecified atom stereocenters. The van der Waals surface area contributed by atoms with E-state index in [2.05, 4.69) is 15.6 Å². The highest BCUT2D eigenvalue weighted by Crippen LogP contribution is 2.25. The molecule has 1 aromatic heterocycles. The van der Waals surface area contributed by atoms with E-state index in [0.29, 0.717) is 5.56 Å². The number of aryl methyl sites for hydroxylation is 1. The van der Waals surface area contributed by atoms with Gasteiger partial charge in [0.1, 0.15) is 11.7 Å². The van der Waals surface area contributed by atoms with Crippen molar-refractivity contribution in [3.05, 3.63) is 64.0 Å². The molecule has 0 aliphatic rings. The Morgan fingerprint density at radius 2 is 2.12 bits per heavy atom. The van der Waals surface area contributed by atoms with Crippen molar-refractivity contribution in [2.45, 2.75) is 25.9 Å². The van der Waals surface area contributed by atoms with Crippen LogP contribution in [0.3, 0.4) is 0 Å². The molecule has 0 saturated carbocycles. The smallest absolute Gasteiger partial charge is 0.321 e. The lowest BCUT2D eigenvalue weighted by molar-refractivity contribution is -0.384. The van der Waals surface area contributed by atoms with E-state index in [0.717, 1.165) is 5.56 Å². The third kappa shape index (κ3) is 5.35. The van der Waals surface area contributed by atoms with Gasteiger partial charge in [-0.05, 0) is 30.2 Å². The zero-order chi connectivity index (χ0) is 19.1. The number of hydrogen-bond acceptors (Lipinski definition) is 6. The van der Waals surface area contributed by atoms with Gasteiger partial charge in [0.15, 0.2) is 0 Å². The number of anilines is 1. The Morgan fingerprint density at radius 3 is 2.73 bits per heavy atom. The van der Waals surface area contributed by atoms with E-state index in [1.54, 1.807) is 37.5 Å². The zero-order valence-electron chi connectivity index (χ0n) is 14.0. The molecule has 0 radical (unpaired) electrons. The summed E-state index contributed by atoms with van der Waals surface area (Å²) in [5.74, 6) is -1.83. The second-order valence-corrected chi connectivity index (χ2v) is 5.66. The molecular weight excluding hydrogens is 340 g/mol. The van der Waals surface area contributed by atoms with Crippen molar-refractivity contribution in [2.24, 2.45) is 0 Å². The highest BCUT2D eigenvalue weighted by molar-refractivity contribution is 5.95. The number of pyridine rings is 1. The quantitative estimate of drug-likeness (QED) is 0.484. The average molecular weight is 358 g/mol. The Morgan fingerprint density at radius 1 is 1.35 bits per heavy atom. The van der Waals surface area contributed by atoms with Crippen LogP contribution in [0.4, 0.5) is 11.4 Å². The minimum absolute atomic E-state index is 0.0296. The number of carbonyl (C=O) groups is 2. The molecule has 3 N–H and O–H groups in total. The Labute approximate surface area is 149 Å². The number of nitro benzene ring substituents is 1. The monoisotopic (exact) mass is 358 g/mol. The van der Waals surface area contributed by atoms with Gasteiger partial charge in [0.05, 0.1) is 11.3 Å². The molecule has 9 nitrogen and oxygen atoms in total. The number of aliphatic carboxylic acids is 1. The fourth-order valence-electron chi connectivity index (χ4n) is 2.28. The van der Waals surface area contributed by atoms with Gasteiger partial charge in [-0.2, -0.15) is 0 Å². The zero-order valence-corrected chi connectivity index (χ0v) is 14.0. The Bertz CT molecular complexity index is 810. The topological polar surface area (TPSA) is 134 Å². The summed E-state index contributed by atoms with van der Waals surface area (Å²) in [6.07, 6.45) is 2.81. The van der Waals surface area contributed by atoms with Crippen molar-refractivity contribution in [3.8, 4) is 0 Å². The first-order valence-corrected chi connectivity index (χ1v) is 7.77. The number of benzene rings is 1. The molecule has 1 heterocycles. The normalized spacial score (nSPS) is 11.6. The molecule has 0 aliphatic heterocycles. The minimum Gasteiger partial charge on any atom is -0.480 e. The number of rotatable bonds is 8. The number of nitrogens with zero attached hydrogens (tertiary/aromatic N) is 2. The van der Waals surface area contributed by atoms with Crippen molar-refractivity contribution in [3.63, 3.8) is 0 Å². The van der Waals surface area contributed by atoms with E-state index in [-0.39, 0.29) is 24.3 Å². The number of hydrogen-bond donors (Lipinski definition) is 3. The lowest BCUT2D eigenvalue weighted by atomic mass is 10.1. The van der Waals surface area contributed by atoms with Crippen LogP contribution in [0, 0.1) is 17.0 Å². The summed E-state index contributed by atoms with van der Waals surface area (Å²) in [5.41, 5.74) is 1.24. The molecule has 0 spiro atoms. The number of nitrogens with one attached hydrogen (secondary N) is 2. The molecule has 9 heteroatoms. The molecule has 0 aliphatic carbocycles. The molecule has 1 amide bonds. The molecule has 2 rings (SSSR count). The number of amides is 1. The molecule has 1 aromatic carbocycles. The van der Waals surface area contributed by atoms with E-state index in [9.17, 15) is 24.8 Å². The van der Waals surface area contributed by atoms with Crippen LogP contribution < -0.4 is 10.6 Å². The molecule has 0 bridgehead atoms. The highest BCUT2D eigenvalue weighted by Gasteiger charge is 2.23. The molecule has 136 valence electrons. The third-order valence-electron chi connectivity index (χ3n) is 3.59. The van der Waals surface area contributed by atoms with Crippen LogP contribution in [0.25, 0.3) is 0 Å². The maximum Gasteiger partial charge on any atom is 0.321 e. The summed E-state index contributed by atoms with van der Waals surface area (Å²) in [4.78, 5) is 37.9. The lowest BCUT2D eigenvalue weighted by Gasteiger charge is -2.14. The predicted molar refractivity (Wildman–Crippen MR) is 93.6 cm³/mol. The lowest BCUT2D eigenvalue weighted by Crippen LogP contribution is -2.39. The second kappa shape index (κ2) is 8.67. The number of nitro groups is 1. The van der Waals surface area contributed by atoms with E-state index in [1.165, 1.54) is 12.1 Å². The van der Waals surface area contributed by atoms with Crippen LogP contribution >= 0.6 is 0 Å². The van der Waals surface area contributed by atoms with Crippen molar-refractivity contribution >= 4 is 23.3 Å². The second-order valence-electron chi connectivity index (χ2n) is 5.66.